The van der Waals surface area contributed by atoms with Crippen molar-refractivity contribution in [2.45, 2.75) is 4.90 Å². The highest BCUT2D eigenvalue weighted by atomic mass is 32.2. The maximum absolute atomic E-state index is 12.9. The molecular weight excluding hydrogens is 406 g/mol. The number of nitriles is 1. The van der Waals surface area contributed by atoms with Gasteiger partial charge in [0.1, 0.15) is 11.9 Å². The van der Waals surface area contributed by atoms with Gasteiger partial charge in [-0.15, -0.1) is 0 Å². The van der Waals surface area contributed by atoms with Crippen molar-refractivity contribution in [2.75, 3.05) is 51.3 Å². The second kappa shape index (κ2) is 9.67. The minimum absolute atomic E-state index is 0.0373. The van der Waals surface area contributed by atoms with Crippen LogP contribution in [-0.4, -0.2) is 70.6 Å². The summed E-state index contributed by atoms with van der Waals surface area (Å²) in [6.45, 7) is 2.37. The number of methoxy groups -OCH3 is 1. The zero-order chi connectivity index (χ0) is 21.6. The van der Waals surface area contributed by atoms with E-state index >= 15 is 0 Å². The Morgan fingerprint density at radius 2 is 2.00 bits per heavy atom. The molecule has 3 rings (SSSR count). The third kappa shape index (κ3) is 4.94. The summed E-state index contributed by atoms with van der Waals surface area (Å²) in [4.78, 5) is 20.9. The molecule has 1 saturated heterocycles. The van der Waals surface area contributed by atoms with Crippen LogP contribution in [0, 0.1) is 11.3 Å². The lowest BCUT2D eigenvalue weighted by Crippen LogP contribution is -2.49. The van der Waals surface area contributed by atoms with E-state index < -0.39 is 10.0 Å². The highest BCUT2D eigenvalue weighted by molar-refractivity contribution is 7.89. The van der Waals surface area contributed by atoms with Gasteiger partial charge in [0, 0.05) is 51.6 Å². The van der Waals surface area contributed by atoms with E-state index in [4.69, 9.17) is 4.74 Å². The van der Waals surface area contributed by atoms with Crippen LogP contribution in [0.3, 0.4) is 0 Å². The molecule has 1 amide bonds. The Balaban J connectivity index is 1.68. The monoisotopic (exact) mass is 429 g/mol. The highest BCUT2D eigenvalue weighted by Gasteiger charge is 2.25. The van der Waals surface area contributed by atoms with Crippen LogP contribution in [0.2, 0.25) is 0 Å². The first-order valence-corrected chi connectivity index (χ1v) is 10.9. The van der Waals surface area contributed by atoms with Crippen LogP contribution in [0.1, 0.15) is 15.9 Å². The summed E-state index contributed by atoms with van der Waals surface area (Å²) in [5.74, 6) is 0.382. The van der Waals surface area contributed by atoms with Crippen molar-refractivity contribution in [1.29, 1.82) is 5.26 Å². The number of rotatable bonds is 7. The predicted molar refractivity (Wildman–Crippen MR) is 111 cm³/mol. The third-order valence-electron chi connectivity index (χ3n) is 4.76. The van der Waals surface area contributed by atoms with Crippen LogP contribution in [-0.2, 0) is 14.8 Å². The topological polar surface area (TPSA) is 116 Å². The van der Waals surface area contributed by atoms with E-state index in [-0.39, 0.29) is 24.0 Å². The molecule has 9 nitrogen and oxygen atoms in total. The van der Waals surface area contributed by atoms with E-state index in [0.29, 0.717) is 43.1 Å². The minimum Gasteiger partial charge on any atom is -0.383 e. The van der Waals surface area contributed by atoms with E-state index in [1.165, 1.54) is 19.2 Å². The number of piperazine rings is 1. The average molecular weight is 430 g/mol. The van der Waals surface area contributed by atoms with Gasteiger partial charge < -0.3 is 14.5 Å². The number of anilines is 1. The van der Waals surface area contributed by atoms with Crippen molar-refractivity contribution in [1.82, 2.24) is 14.6 Å². The van der Waals surface area contributed by atoms with E-state index in [1.807, 2.05) is 4.90 Å². The van der Waals surface area contributed by atoms with Gasteiger partial charge in [-0.05, 0) is 30.3 Å². The third-order valence-corrected chi connectivity index (χ3v) is 6.22. The number of carbonyl (C=O) groups excluding carboxylic acids is 1. The van der Waals surface area contributed by atoms with Gasteiger partial charge in [0.25, 0.3) is 5.91 Å². The van der Waals surface area contributed by atoms with E-state index in [9.17, 15) is 18.5 Å². The second-order valence-corrected chi connectivity index (χ2v) is 8.45. The van der Waals surface area contributed by atoms with Crippen molar-refractivity contribution < 1.29 is 17.9 Å². The smallest absolute Gasteiger partial charge is 0.254 e. The van der Waals surface area contributed by atoms with Crippen LogP contribution >= 0.6 is 0 Å². The molecule has 2 heterocycles. The van der Waals surface area contributed by atoms with Crippen LogP contribution < -0.4 is 9.62 Å². The zero-order valence-corrected chi connectivity index (χ0v) is 17.4. The second-order valence-electron chi connectivity index (χ2n) is 6.68. The Kier molecular flexibility index (Phi) is 6.99. The number of amides is 1. The van der Waals surface area contributed by atoms with Crippen molar-refractivity contribution >= 4 is 21.7 Å². The van der Waals surface area contributed by atoms with Gasteiger partial charge in [0.05, 0.1) is 17.1 Å². The number of aromatic nitrogens is 1. The molecule has 1 fully saturated rings. The molecule has 1 aromatic heterocycles. The molecule has 1 aromatic carbocycles. The average Bonchev–Trinajstić information content (AvgIpc) is 2.79. The standard InChI is InChI=1S/C20H23N5O4S/c1-29-13-8-23-30(27,28)18-6-2-4-16(14-18)20(26)25-11-9-24(10-12-25)19-17(15-21)5-3-7-22-19/h2-7,14,23H,8-13H2,1H3. The summed E-state index contributed by atoms with van der Waals surface area (Å²) < 4.78 is 32.1. The number of hydrogen-bond donors (Lipinski definition) is 1. The van der Waals surface area contributed by atoms with Crippen LogP contribution in [0.15, 0.2) is 47.5 Å². The Bertz CT molecular complexity index is 1040. The Hall–Kier alpha value is -3.00. The molecule has 0 unspecified atom stereocenters. The molecule has 30 heavy (non-hydrogen) atoms. The highest BCUT2D eigenvalue weighted by Crippen LogP contribution is 2.19. The summed E-state index contributed by atoms with van der Waals surface area (Å²) in [5.41, 5.74) is 0.810. The molecule has 1 N–H and O–H groups in total. The largest absolute Gasteiger partial charge is 0.383 e. The molecular formula is C20H23N5O4S. The number of benzene rings is 1. The zero-order valence-electron chi connectivity index (χ0n) is 16.6. The molecule has 0 aliphatic carbocycles. The quantitative estimate of drug-likeness (QED) is 0.649. The number of carbonyl (C=O) groups is 1. The maximum Gasteiger partial charge on any atom is 0.254 e. The molecule has 158 valence electrons. The van der Waals surface area contributed by atoms with E-state index in [2.05, 4.69) is 15.8 Å². The lowest BCUT2D eigenvalue weighted by molar-refractivity contribution is 0.0746. The van der Waals surface area contributed by atoms with Gasteiger partial charge >= 0.3 is 0 Å². The first-order valence-electron chi connectivity index (χ1n) is 9.44. The first-order chi connectivity index (χ1) is 14.5. The fraction of sp³-hybridized carbons (Fsp3) is 0.350. The van der Waals surface area contributed by atoms with Gasteiger partial charge in [0.2, 0.25) is 10.0 Å². The van der Waals surface area contributed by atoms with Crippen molar-refractivity contribution in [3.63, 3.8) is 0 Å². The van der Waals surface area contributed by atoms with Crippen LogP contribution in [0.4, 0.5) is 5.82 Å². The lowest BCUT2D eigenvalue weighted by atomic mass is 10.1. The van der Waals surface area contributed by atoms with Crippen LogP contribution in [0.5, 0.6) is 0 Å². The number of hydrogen-bond acceptors (Lipinski definition) is 7. The molecule has 10 heteroatoms. The molecule has 0 atom stereocenters. The first kappa shape index (κ1) is 21.7. The summed E-state index contributed by atoms with van der Waals surface area (Å²) in [6.07, 6.45) is 1.64. The molecule has 2 aromatic rings. The number of pyridine rings is 1. The number of nitrogens with one attached hydrogen (secondary N) is 1. The molecule has 0 radical (unpaired) electrons. The normalized spacial score (nSPS) is 14.4. The summed E-state index contributed by atoms with van der Waals surface area (Å²) in [7, 11) is -2.23. The number of ether oxygens (including phenoxy) is 1. The summed E-state index contributed by atoms with van der Waals surface area (Å²) >= 11 is 0. The molecule has 0 spiro atoms. The molecule has 1 aliphatic rings. The molecule has 1 aliphatic heterocycles. The summed E-state index contributed by atoms with van der Waals surface area (Å²) in [6, 6.07) is 11.6. The lowest BCUT2D eigenvalue weighted by Gasteiger charge is -2.35. The van der Waals surface area contributed by atoms with E-state index in [1.54, 1.807) is 35.4 Å². The Morgan fingerprint density at radius 3 is 2.70 bits per heavy atom. The minimum atomic E-state index is -3.72. The number of sulfonamides is 1. The van der Waals surface area contributed by atoms with E-state index in [0.717, 1.165) is 0 Å². The molecule has 0 saturated carbocycles. The fourth-order valence-electron chi connectivity index (χ4n) is 3.20. The Labute approximate surface area is 175 Å². The van der Waals surface area contributed by atoms with Crippen molar-refractivity contribution in [2.24, 2.45) is 0 Å². The van der Waals surface area contributed by atoms with Gasteiger partial charge in [0.15, 0.2) is 0 Å². The Morgan fingerprint density at radius 1 is 1.23 bits per heavy atom. The molecule has 0 bridgehead atoms. The number of nitrogens with zero attached hydrogens (tertiary/aromatic N) is 4. The van der Waals surface area contributed by atoms with Crippen LogP contribution in [0.25, 0.3) is 0 Å². The van der Waals surface area contributed by atoms with Gasteiger partial charge in [-0.25, -0.2) is 18.1 Å². The van der Waals surface area contributed by atoms with Crippen molar-refractivity contribution in [3.05, 3.63) is 53.7 Å². The van der Waals surface area contributed by atoms with Gasteiger partial charge in [-0.1, -0.05) is 6.07 Å². The van der Waals surface area contributed by atoms with Crippen molar-refractivity contribution in [3.8, 4) is 6.07 Å². The summed E-state index contributed by atoms with van der Waals surface area (Å²) in [5, 5.41) is 9.26. The van der Waals surface area contributed by atoms with Gasteiger partial charge in [-0.2, -0.15) is 5.26 Å². The van der Waals surface area contributed by atoms with Gasteiger partial charge in [-0.3, -0.25) is 4.79 Å². The SMILES string of the molecule is COCCNS(=O)(=O)c1cccc(C(=O)N2CCN(c3ncccc3C#N)CC2)c1. The fourth-order valence-corrected chi connectivity index (χ4v) is 4.26. The maximum atomic E-state index is 12.9. The predicted octanol–water partition coefficient (Wildman–Crippen LogP) is 0.840.